The summed E-state index contributed by atoms with van der Waals surface area (Å²) in [6.07, 6.45) is -3.79. The molecule has 1 saturated heterocycles. The average molecular weight is 279 g/mol. The molecule has 2 amide bonds. The molecule has 1 aliphatic heterocycles. The third kappa shape index (κ3) is 2.61. The van der Waals surface area contributed by atoms with Gasteiger partial charge >= 0.3 is 6.18 Å². The monoisotopic (exact) mass is 279 g/mol. The molecule has 1 saturated carbocycles. The predicted octanol–water partition coefficient (Wildman–Crippen LogP) is 1.62. The lowest BCUT2D eigenvalue weighted by Gasteiger charge is -2.31. The molecule has 0 aromatic heterocycles. The van der Waals surface area contributed by atoms with Crippen molar-refractivity contribution in [1.29, 1.82) is 0 Å². The maximum Gasteiger partial charge on any atom is 0.416 e. The fraction of sp³-hybridized carbons (Fsp3) is 0.833. The number of rotatable bonds is 2. The quantitative estimate of drug-likeness (QED) is 0.781. The zero-order valence-electron chi connectivity index (χ0n) is 10.4. The lowest BCUT2D eigenvalue weighted by Crippen LogP contribution is -2.45. The van der Waals surface area contributed by atoms with E-state index in [4.69, 9.17) is 5.11 Å². The molecular weight excluding hydrogens is 263 g/mol. The summed E-state index contributed by atoms with van der Waals surface area (Å²) in [4.78, 5) is 24.5. The van der Waals surface area contributed by atoms with Gasteiger partial charge < -0.3 is 5.11 Å². The van der Waals surface area contributed by atoms with E-state index in [0.29, 0.717) is 17.7 Å². The van der Waals surface area contributed by atoms with Gasteiger partial charge in [-0.1, -0.05) is 19.3 Å². The summed E-state index contributed by atoms with van der Waals surface area (Å²) in [6.45, 7) is -0.983. The van der Waals surface area contributed by atoms with E-state index in [1.807, 2.05) is 0 Å². The standard InChI is InChI=1S/C12H16F3NO3/c13-12(14,15)8(17)7-16-9(18)6-11(10(16)19)4-2-1-3-5-11/h8,17H,1-7H2. The molecule has 2 rings (SSSR count). The topological polar surface area (TPSA) is 57.6 Å². The van der Waals surface area contributed by atoms with Gasteiger partial charge in [0.2, 0.25) is 11.8 Å². The molecular formula is C12H16F3NO3. The van der Waals surface area contributed by atoms with Gasteiger partial charge in [0.05, 0.1) is 12.0 Å². The molecule has 0 aromatic carbocycles. The molecule has 1 N–H and O–H groups in total. The average Bonchev–Trinajstić information content (AvgIpc) is 2.54. The Bertz CT molecular complexity index is 388. The van der Waals surface area contributed by atoms with E-state index < -0.39 is 36.1 Å². The second kappa shape index (κ2) is 4.77. The SMILES string of the molecule is O=C1CC2(CCCCC2)C(=O)N1CC(O)C(F)(F)F. The Morgan fingerprint density at radius 1 is 1.21 bits per heavy atom. The minimum atomic E-state index is -4.82. The number of amides is 2. The molecule has 2 fully saturated rings. The summed E-state index contributed by atoms with van der Waals surface area (Å²) < 4.78 is 36.9. The van der Waals surface area contributed by atoms with Crippen molar-refractivity contribution in [3.8, 4) is 0 Å². The fourth-order valence-electron chi connectivity index (χ4n) is 2.94. The van der Waals surface area contributed by atoms with Gasteiger partial charge in [0.25, 0.3) is 0 Å². The molecule has 0 bridgehead atoms. The van der Waals surface area contributed by atoms with Gasteiger partial charge in [-0.3, -0.25) is 14.5 Å². The van der Waals surface area contributed by atoms with Gasteiger partial charge in [-0.15, -0.1) is 0 Å². The van der Waals surface area contributed by atoms with E-state index in [1.54, 1.807) is 0 Å². The highest BCUT2D eigenvalue weighted by atomic mass is 19.4. The van der Waals surface area contributed by atoms with Crippen LogP contribution < -0.4 is 0 Å². The van der Waals surface area contributed by atoms with Crippen LogP contribution in [0.1, 0.15) is 38.5 Å². The second-order valence-electron chi connectivity index (χ2n) is 5.38. The Kier molecular flexibility index (Phi) is 3.59. The molecule has 1 spiro atoms. The van der Waals surface area contributed by atoms with Crippen LogP contribution in [0.3, 0.4) is 0 Å². The molecule has 7 heteroatoms. The van der Waals surface area contributed by atoms with Gasteiger partial charge in [-0.05, 0) is 12.8 Å². The first-order chi connectivity index (χ1) is 8.76. The number of hydrogen-bond acceptors (Lipinski definition) is 3. The van der Waals surface area contributed by atoms with Crippen molar-refractivity contribution in [3.05, 3.63) is 0 Å². The highest BCUT2D eigenvalue weighted by Crippen LogP contribution is 2.45. The number of hydrogen-bond donors (Lipinski definition) is 1. The lowest BCUT2D eigenvalue weighted by molar-refractivity contribution is -0.208. The van der Waals surface area contributed by atoms with Crippen molar-refractivity contribution in [2.24, 2.45) is 5.41 Å². The number of aliphatic hydroxyl groups is 1. The Morgan fingerprint density at radius 2 is 1.79 bits per heavy atom. The predicted molar refractivity (Wildman–Crippen MR) is 58.9 cm³/mol. The van der Waals surface area contributed by atoms with Gasteiger partial charge in [0.15, 0.2) is 6.10 Å². The zero-order valence-corrected chi connectivity index (χ0v) is 10.4. The van der Waals surface area contributed by atoms with Crippen LogP contribution in [0.2, 0.25) is 0 Å². The Labute approximate surface area is 108 Å². The van der Waals surface area contributed by atoms with E-state index in [1.165, 1.54) is 0 Å². The number of halogens is 3. The normalized spacial score (nSPS) is 25.2. The first-order valence-corrected chi connectivity index (χ1v) is 6.36. The van der Waals surface area contributed by atoms with E-state index in [0.717, 1.165) is 19.3 Å². The number of carbonyl (C=O) groups excluding carboxylic acids is 2. The summed E-state index contributed by atoms with van der Waals surface area (Å²) in [5.74, 6) is -1.14. The molecule has 0 aromatic rings. The molecule has 1 heterocycles. The van der Waals surface area contributed by atoms with Crippen LogP contribution in [0.4, 0.5) is 13.2 Å². The number of likely N-dealkylation sites (tertiary alicyclic amines) is 1. The summed E-state index contributed by atoms with van der Waals surface area (Å²) in [6, 6.07) is 0. The second-order valence-corrected chi connectivity index (χ2v) is 5.38. The number of imide groups is 1. The van der Waals surface area contributed by atoms with Crippen LogP contribution in [-0.4, -0.2) is 40.6 Å². The van der Waals surface area contributed by atoms with Crippen LogP contribution in [0.15, 0.2) is 0 Å². The van der Waals surface area contributed by atoms with Gasteiger partial charge in [-0.2, -0.15) is 13.2 Å². The van der Waals surface area contributed by atoms with Crippen LogP contribution in [0.5, 0.6) is 0 Å². The number of nitrogens with zero attached hydrogens (tertiary/aromatic N) is 1. The third-order valence-electron chi connectivity index (χ3n) is 4.03. The summed E-state index contributed by atoms with van der Waals surface area (Å²) >= 11 is 0. The first kappa shape index (κ1) is 14.3. The molecule has 2 aliphatic rings. The summed E-state index contributed by atoms with van der Waals surface area (Å²) in [5, 5.41) is 9.00. The molecule has 108 valence electrons. The molecule has 19 heavy (non-hydrogen) atoms. The van der Waals surface area contributed by atoms with E-state index in [2.05, 4.69) is 0 Å². The highest BCUT2D eigenvalue weighted by molar-refractivity contribution is 6.06. The largest absolute Gasteiger partial charge is 0.416 e. The minimum Gasteiger partial charge on any atom is -0.382 e. The van der Waals surface area contributed by atoms with Crippen molar-refractivity contribution in [3.63, 3.8) is 0 Å². The van der Waals surface area contributed by atoms with Crippen molar-refractivity contribution >= 4 is 11.8 Å². The number of β-amino-alcohol motifs (C(OH)–C–C–N with tert-alkyl or cyclic N) is 1. The number of carbonyl (C=O) groups is 2. The van der Waals surface area contributed by atoms with Gasteiger partial charge in [0.1, 0.15) is 0 Å². The maximum absolute atomic E-state index is 12.3. The number of aliphatic hydroxyl groups excluding tert-OH is 1. The van der Waals surface area contributed by atoms with E-state index in [9.17, 15) is 22.8 Å². The van der Waals surface area contributed by atoms with Crippen molar-refractivity contribution in [2.75, 3.05) is 6.54 Å². The van der Waals surface area contributed by atoms with Gasteiger partial charge in [-0.25, -0.2) is 0 Å². The van der Waals surface area contributed by atoms with Crippen molar-refractivity contribution < 1.29 is 27.9 Å². The highest BCUT2D eigenvalue weighted by Gasteiger charge is 2.53. The van der Waals surface area contributed by atoms with Crippen LogP contribution in [0, 0.1) is 5.41 Å². The van der Waals surface area contributed by atoms with E-state index >= 15 is 0 Å². The third-order valence-corrected chi connectivity index (χ3v) is 4.03. The molecule has 1 unspecified atom stereocenters. The molecule has 4 nitrogen and oxygen atoms in total. The van der Waals surface area contributed by atoms with Crippen LogP contribution >= 0.6 is 0 Å². The summed E-state index contributed by atoms with van der Waals surface area (Å²) in [5.41, 5.74) is -0.805. The smallest absolute Gasteiger partial charge is 0.382 e. The fourth-order valence-corrected chi connectivity index (χ4v) is 2.94. The maximum atomic E-state index is 12.3. The summed E-state index contributed by atoms with van der Waals surface area (Å²) in [7, 11) is 0. The number of alkyl halides is 3. The lowest BCUT2D eigenvalue weighted by atomic mass is 9.73. The molecule has 0 radical (unpaired) electrons. The Balaban J connectivity index is 2.10. The van der Waals surface area contributed by atoms with E-state index in [-0.39, 0.29) is 6.42 Å². The first-order valence-electron chi connectivity index (χ1n) is 6.36. The molecule has 1 aliphatic carbocycles. The van der Waals surface area contributed by atoms with Crippen LogP contribution in [-0.2, 0) is 9.59 Å². The van der Waals surface area contributed by atoms with Crippen molar-refractivity contribution in [1.82, 2.24) is 4.90 Å². The van der Waals surface area contributed by atoms with Crippen LogP contribution in [0.25, 0.3) is 0 Å². The molecule has 1 atom stereocenters. The Morgan fingerprint density at radius 3 is 2.32 bits per heavy atom. The van der Waals surface area contributed by atoms with Gasteiger partial charge in [0, 0.05) is 6.42 Å². The minimum absolute atomic E-state index is 0.0174. The zero-order chi connectivity index (χ0) is 14.3. The Hall–Kier alpha value is -1.11. The van der Waals surface area contributed by atoms with Crippen molar-refractivity contribution in [2.45, 2.75) is 50.8 Å².